The lowest BCUT2D eigenvalue weighted by Crippen LogP contribution is -2.44. The molecule has 0 fully saturated rings. The highest BCUT2D eigenvalue weighted by Crippen LogP contribution is 2.32. The SMILES string of the molecule is Cc1ccccc1C(=O)NNC(=O)COc1c(C)cc(Br)cc1Br. The van der Waals surface area contributed by atoms with Crippen molar-refractivity contribution in [2.75, 3.05) is 6.61 Å². The van der Waals surface area contributed by atoms with E-state index in [-0.39, 0.29) is 12.5 Å². The molecule has 2 aromatic carbocycles. The van der Waals surface area contributed by atoms with Crippen LogP contribution < -0.4 is 15.6 Å². The van der Waals surface area contributed by atoms with Crippen molar-refractivity contribution >= 4 is 43.7 Å². The van der Waals surface area contributed by atoms with Crippen LogP contribution in [-0.2, 0) is 4.79 Å². The van der Waals surface area contributed by atoms with Crippen molar-refractivity contribution in [1.82, 2.24) is 10.9 Å². The first-order valence-electron chi connectivity index (χ1n) is 7.11. The maximum Gasteiger partial charge on any atom is 0.276 e. The molecule has 0 saturated heterocycles. The fraction of sp³-hybridized carbons (Fsp3) is 0.176. The third kappa shape index (κ3) is 4.82. The molecule has 0 aromatic heterocycles. The van der Waals surface area contributed by atoms with Crippen molar-refractivity contribution in [3.8, 4) is 5.75 Å². The first-order valence-corrected chi connectivity index (χ1v) is 8.70. The minimum atomic E-state index is -0.453. The molecule has 126 valence electrons. The zero-order chi connectivity index (χ0) is 17.7. The van der Waals surface area contributed by atoms with E-state index >= 15 is 0 Å². The van der Waals surface area contributed by atoms with E-state index in [2.05, 4.69) is 42.7 Å². The zero-order valence-electron chi connectivity index (χ0n) is 13.2. The summed E-state index contributed by atoms with van der Waals surface area (Å²) in [5.74, 6) is -0.243. The first kappa shape index (κ1) is 18.5. The van der Waals surface area contributed by atoms with Gasteiger partial charge in [-0.2, -0.15) is 0 Å². The molecular weight excluding hydrogens is 440 g/mol. The van der Waals surface area contributed by atoms with Crippen molar-refractivity contribution in [1.29, 1.82) is 0 Å². The molecule has 0 aliphatic carbocycles. The van der Waals surface area contributed by atoms with E-state index in [9.17, 15) is 9.59 Å². The summed E-state index contributed by atoms with van der Waals surface area (Å²) in [5.41, 5.74) is 6.93. The fourth-order valence-electron chi connectivity index (χ4n) is 2.07. The molecule has 2 amide bonds. The molecule has 0 aliphatic heterocycles. The summed E-state index contributed by atoms with van der Waals surface area (Å²) in [6.45, 7) is 3.49. The quantitative estimate of drug-likeness (QED) is 0.691. The van der Waals surface area contributed by atoms with Crippen LogP contribution in [0.4, 0.5) is 0 Å². The highest BCUT2D eigenvalue weighted by Gasteiger charge is 2.12. The van der Waals surface area contributed by atoms with Crippen LogP contribution >= 0.6 is 31.9 Å². The van der Waals surface area contributed by atoms with E-state index in [0.717, 1.165) is 20.1 Å². The summed E-state index contributed by atoms with van der Waals surface area (Å²) in [6.07, 6.45) is 0. The number of carbonyl (C=O) groups excluding carboxylic acids is 2. The molecule has 2 aromatic rings. The summed E-state index contributed by atoms with van der Waals surface area (Å²) >= 11 is 6.78. The standard InChI is InChI=1S/C17H16Br2N2O3/c1-10-5-3-4-6-13(10)17(23)21-20-15(22)9-24-16-11(2)7-12(18)8-14(16)19/h3-8H,9H2,1-2H3,(H,20,22)(H,21,23). The van der Waals surface area contributed by atoms with Gasteiger partial charge in [-0.1, -0.05) is 34.1 Å². The highest BCUT2D eigenvalue weighted by atomic mass is 79.9. The number of carbonyl (C=O) groups is 2. The van der Waals surface area contributed by atoms with Gasteiger partial charge < -0.3 is 4.74 Å². The van der Waals surface area contributed by atoms with E-state index in [1.165, 1.54) is 0 Å². The monoisotopic (exact) mass is 454 g/mol. The molecule has 24 heavy (non-hydrogen) atoms. The summed E-state index contributed by atoms with van der Waals surface area (Å²) in [4.78, 5) is 23.9. The van der Waals surface area contributed by atoms with Crippen molar-refractivity contribution in [2.24, 2.45) is 0 Å². The first-order chi connectivity index (χ1) is 11.4. The average molecular weight is 456 g/mol. The molecule has 0 heterocycles. The summed E-state index contributed by atoms with van der Waals surface area (Å²) < 4.78 is 7.17. The lowest BCUT2D eigenvalue weighted by Gasteiger charge is -2.12. The number of hydrogen-bond donors (Lipinski definition) is 2. The summed E-state index contributed by atoms with van der Waals surface area (Å²) in [5, 5.41) is 0. The number of amides is 2. The molecule has 0 atom stereocenters. The Morgan fingerprint density at radius 2 is 1.75 bits per heavy atom. The Hall–Kier alpha value is -1.86. The van der Waals surface area contributed by atoms with Gasteiger partial charge in [-0.3, -0.25) is 20.4 Å². The van der Waals surface area contributed by atoms with Gasteiger partial charge in [0.15, 0.2) is 6.61 Å². The number of hydrogen-bond acceptors (Lipinski definition) is 3. The molecule has 0 saturated carbocycles. The second-order valence-corrected chi connectivity index (χ2v) is 6.91. The Balaban J connectivity index is 1.88. The minimum absolute atomic E-state index is 0.213. The van der Waals surface area contributed by atoms with Crippen molar-refractivity contribution in [2.45, 2.75) is 13.8 Å². The molecule has 5 nitrogen and oxygen atoms in total. The third-order valence-electron chi connectivity index (χ3n) is 3.25. The van der Waals surface area contributed by atoms with Crippen molar-refractivity contribution < 1.29 is 14.3 Å². The molecule has 0 unspecified atom stereocenters. The van der Waals surface area contributed by atoms with Crippen LogP contribution in [0.3, 0.4) is 0 Å². The molecule has 2 N–H and O–H groups in total. The van der Waals surface area contributed by atoms with Gasteiger partial charge in [-0.25, -0.2) is 0 Å². The van der Waals surface area contributed by atoms with Crippen LogP contribution in [0.5, 0.6) is 5.75 Å². The Morgan fingerprint density at radius 3 is 2.42 bits per heavy atom. The molecular formula is C17H16Br2N2O3. The van der Waals surface area contributed by atoms with Crippen LogP contribution in [-0.4, -0.2) is 18.4 Å². The maximum atomic E-state index is 12.0. The average Bonchev–Trinajstić information content (AvgIpc) is 2.52. The Bertz CT molecular complexity index is 755. The number of nitrogens with one attached hydrogen (secondary N) is 2. The topological polar surface area (TPSA) is 67.4 Å². The molecule has 0 spiro atoms. The van der Waals surface area contributed by atoms with E-state index in [1.807, 2.05) is 38.1 Å². The van der Waals surface area contributed by atoms with Crippen LogP contribution in [0.25, 0.3) is 0 Å². The Labute approximate surface area is 157 Å². The van der Waals surface area contributed by atoms with Gasteiger partial charge in [0.05, 0.1) is 4.47 Å². The van der Waals surface area contributed by atoms with Crippen LogP contribution in [0.15, 0.2) is 45.3 Å². The minimum Gasteiger partial charge on any atom is -0.482 e. The number of ether oxygens (including phenoxy) is 1. The number of rotatable bonds is 4. The largest absolute Gasteiger partial charge is 0.482 e. The van der Waals surface area contributed by atoms with Crippen LogP contribution in [0, 0.1) is 13.8 Å². The van der Waals surface area contributed by atoms with E-state index in [1.54, 1.807) is 12.1 Å². The van der Waals surface area contributed by atoms with E-state index in [4.69, 9.17) is 4.74 Å². The van der Waals surface area contributed by atoms with Gasteiger partial charge in [0, 0.05) is 10.0 Å². The molecule has 0 aliphatic rings. The Morgan fingerprint density at radius 1 is 1.04 bits per heavy atom. The van der Waals surface area contributed by atoms with Gasteiger partial charge in [-0.05, 0) is 59.1 Å². The second-order valence-electron chi connectivity index (χ2n) is 5.14. The summed E-state index contributed by atoms with van der Waals surface area (Å²) in [6, 6.07) is 10.8. The van der Waals surface area contributed by atoms with E-state index in [0.29, 0.717) is 11.3 Å². The highest BCUT2D eigenvalue weighted by molar-refractivity contribution is 9.11. The predicted molar refractivity (Wildman–Crippen MR) is 98.9 cm³/mol. The summed E-state index contributed by atoms with van der Waals surface area (Å²) in [7, 11) is 0. The number of benzene rings is 2. The predicted octanol–water partition coefficient (Wildman–Crippen LogP) is 3.67. The smallest absolute Gasteiger partial charge is 0.276 e. The van der Waals surface area contributed by atoms with Gasteiger partial charge in [0.2, 0.25) is 0 Å². The maximum absolute atomic E-state index is 12.0. The number of halogens is 2. The second kappa shape index (κ2) is 8.30. The molecule has 0 bridgehead atoms. The lowest BCUT2D eigenvalue weighted by atomic mass is 10.1. The zero-order valence-corrected chi connectivity index (χ0v) is 16.3. The number of aryl methyl sites for hydroxylation is 2. The Kier molecular flexibility index (Phi) is 6.39. The lowest BCUT2D eigenvalue weighted by molar-refractivity contribution is -0.123. The molecule has 0 radical (unpaired) electrons. The normalized spacial score (nSPS) is 10.2. The van der Waals surface area contributed by atoms with Crippen LogP contribution in [0.1, 0.15) is 21.5 Å². The molecule has 7 heteroatoms. The molecule has 2 rings (SSSR count). The van der Waals surface area contributed by atoms with Gasteiger partial charge in [0.1, 0.15) is 5.75 Å². The van der Waals surface area contributed by atoms with Gasteiger partial charge >= 0.3 is 0 Å². The number of hydrazine groups is 1. The van der Waals surface area contributed by atoms with Crippen molar-refractivity contribution in [3.05, 3.63) is 62.0 Å². The van der Waals surface area contributed by atoms with Gasteiger partial charge in [-0.15, -0.1) is 0 Å². The third-order valence-corrected chi connectivity index (χ3v) is 4.29. The van der Waals surface area contributed by atoms with Crippen LogP contribution in [0.2, 0.25) is 0 Å². The fourth-order valence-corrected chi connectivity index (χ4v) is 3.62. The van der Waals surface area contributed by atoms with Crippen molar-refractivity contribution in [3.63, 3.8) is 0 Å². The van der Waals surface area contributed by atoms with Gasteiger partial charge in [0.25, 0.3) is 11.8 Å². The van der Waals surface area contributed by atoms with E-state index < -0.39 is 5.91 Å².